The molecule has 0 saturated heterocycles. The van der Waals surface area contributed by atoms with Gasteiger partial charge in [0.2, 0.25) is 0 Å². The molecule has 0 aliphatic rings. The van der Waals surface area contributed by atoms with Gasteiger partial charge in [0, 0.05) is 29.7 Å². The molecule has 0 atom stereocenters. The second-order valence-corrected chi connectivity index (χ2v) is 7.25. The van der Waals surface area contributed by atoms with Gasteiger partial charge in [-0.3, -0.25) is 0 Å². The van der Waals surface area contributed by atoms with E-state index in [2.05, 4.69) is 64.5 Å². The van der Waals surface area contributed by atoms with Gasteiger partial charge < -0.3 is 0 Å². The zero-order chi connectivity index (χ0) is 14.4. The van der Waals surface area contributed by atoms with Crippen molar-refractivity contribution in [3.63, 3.8) is 0 Å². The van der Waals surface area contributed by atoms with Gasteiger partial charge in [-0.1, -0.05) is 48.0 Å². The quantitative estimate of drug-likeness (QED) is 0.332. The molecule has 0 radical (unpaired) electrons. The third-order valence-electron chi connectivity index (χ3n) is 3.63. The summed E-state index contributed by atoms with van der Waals surface area (Å²) in [6, 6.07) is 20.9. The van der Waals surface area contributed by atoms with Gasteiger partial charge in [0.05, 0.1) is 0 Å². The highest BCUT2D eigenvalue weighted by Gasteiger charge is 2.12. The molecule has 0 bridgehead atoms. The van der Waals surface area contributed by atoms with E-state index in [9.17, 15) is 0 Å². The molecule has 0 saturated carbocycles. The highest BCUT2D eigenvalue weighted by molar-refractivity contribution is 9.10. The summed E-state index contributed by atoms with van der Waals surface area (Å²) < 4.78 is 3.77. The molecule has 0 N–H and O–H groups in total. The van der Waals surface area contributed by atoms with Crippen LogP contribution in [0.1, 0.15) is 0 Å². The fourth-order valence-electron chi connectivity index (χ4n) is 2.68. The van der Waals surface area contributed by atoms with Crippen LogP contribution in [-0.4, -0.2) is 0 Å². The molecule has 0 unspecified atom stereocenters. The first-order chi connectivity index (χ1) is 10.2. The number of thiophene rings is 1. The van der Waals surface area contributed by atoms with Gasteiger partial charge in [0.1, 0.15) is 0 Å². The lowest BCUT2D eigenvalue weighted by molar-refractivity contribution is 1.67. The first-order valence-corrected chi connectivity index (χ1v) is 8.58. The molecule has 3 heteroatoms. The van der Waals surface area contributed by atoms with E-state index in [-0.39, 0.29) is 0 Å². The highest BCUT2D eigenvalue weighted by atomic mass is 79.9. The number of hydrogen-bond acceptors (Lipinski definition) is 1. The van der Waals surface area contributed by atoms with Crippen LogP contribution in [0.3, 0.4) is 0 Å². The first-order valence-electron chi connectivity index (χ1n) is 6.60. The first kappa shape index (κ1) is 13.3. The Morgan fingerprint density at radius 1 is 0.857 bits per heavy atom. The van der Waals surface area contributed by atoms with Crippen molar-refractivity contribution in [2.45, 2.75) is 0 Å². The summed E-state index contributed by atoms with van der Waals surface area (Å²) in [5.41, 5.74) is 2.46. The highest BCUT2D eigenvalue weighted by Crippen LogP contribution is 2.42. The van der Waals surface area contributed by atoms with E-state index in [0.717, 1.165) is 9.50 Å². The maximum Gasteiger partial charge on any atom is 0.0497 e. The zero-order valence-electron chi connectivity index (χ0n) is 10.9. The lowest BCUT2D eigenvalue weighted by Gasteiger charge is -2.05. The molecule has 0 spiro atoms. The molecule has 0 nitrogen and oxygen atoms in total. The molecule has 21 heavy (non-hydrogen) atoms. The van der Waals surface area contributed by atoms with Gasteiger partial charge in [-0.15, -0.1) is 11.3 Å². The smallest absolute Gasteiger partial charge is 0.0497 e. The van der Waals surface area contributed by atoms with E-state index in [4.69, 9.17) is 11.6 Å². The maximum atomic E-state index is 6.01. The number of hydrogen-bond donors (Lipinski definition) is 0. The summed E-state index contributed by atoms with van der Waals surface area (Å²) in [5, 5.41) is 3.39. The SMILES string of the molecule is Clc1ccc(-c2cccc3sc4c(Br)cccc4c23)cc1. The van der Waals surface area contributed by atoms with Crippen molar-refractivity contribution < 1.29 is 0 Å². The molecular weight excluding hydrogens is 364 g/mol. The van der Waals surface area contributed by atoms with Crippen molar-refractivity contribution in [3.05, 3.63) is 70.2 Å². The van der Waals surface area contributed by atoms with Crippen molar-refractivity contribution in [2.75, 3.05) is 0 Å². The van der Waals surface area contributed by atoms with E-state index in [1.54, 1.807) is 0 Å². The third-order valence-corrected chi connectivity index (χ3v) is 6.01. The summed E-state index contributed by atoms with van der Waals surface area (Å²) >= 11 is 11.5. The summed E-state index contributed by atoms with van der Waals surface area (Å²) in [4.78, 5) is 0. The zero-order valence-corrected chi connectivity index (χ0v) is 14.1. The van der Waals surface area contributed by atoms with E-state index in [1.165, 1.54) is 31.3 Å². The van der Waals surface area contributed by atoms with E-state index >= 15 is 0 Å². The molecule has 0 amide bonds. The molecule has 102 valence electrons. The fourth-order valence-corrected chi connectivity index (χ4v) is 4.55. The summed E-state index contributed by atoms with van der Waals surface area (Å²) in [6.07, 6.45) is 0. The monoisotopic (exact) mass is 372 g/mol. The molecule has 0 aliphatic carbocycles. The van der Waals surface area contributed by atoms with Crippen molar-refractivity contribution in [1.82, 2.24) is 0 Å². The van der Waals surface area contributed by atoms with E-state index in [0.29, 0.717) is 0 Å². The Hall–Kier alpha value is -1.35. The average molecular weight is 374 g/mol. The topological polar surface area (TPSA) is 0 Å². The van der Waals surface area contributed by atoms with Gasteiger partial charge >= 0.3 is 0 Å². The molecular formula is C18H10BrClS. The second kappa shape index (κ2) is 5.13. The summed E-state index contributed by atoms with van der Waals surface area (Å²) in [6.45, 7) is 0. The minimum absolute atomic E-state index is 0.767. The lowest BCUT2D eigenvalue weighted by Crippen LogP contribution is -1.79. The van der Waals surface area contributed by atoms with Gasteiger partial charge in [0.25, 0.3) is 0 Å². The number of fused-ring (bicyclic) bond motifs is 3. The predicted molar refractivity (Wildman–Crippen MR) is 97.5 cm³/mol. The molecule has 1 heterocycles. The normalized spacial score (nSPS) is 11.3. The molecule has 4 aromatic rings. The Morgan fingerprint density at radius 2 is 1.62 bits per heavy atom. The van der Waals surface area contributed by atoms with Gasteiger partial charge in [-0.25, -0.2) is 0 Å². The molecule has 3 aromatic carbocycles. The standard InChI is InChI=1S/C18H10BrClS/c19-15-5-1-4-14-17-13(11-7-9-12(20)10-8-11)3-2-6-16(17)21-18(14)15/h1-10H. The Balaban J connectivity index is 2.12. The van der Waals surface area contributed by atoms with Crippen LogP contribution in [0, 0.1) is 0 Å². The Morgan fingerprint density at radius 3 is 2.43 bits per heavy atom. The Bertz CT molecular complexity index is 954. The molecule has 4 rings (SSSR count). The van der Waals surface area contributed by atoms with Crippen LogP contribution in [-0.2, 0) is 0 Å². The number of benzene rings is 3. The van der Waals surface area contributed by atoms with Gasteiger partial charge in [-0.05, 0) is 51.3 Å². The fraction of sp³-hybridized carbons (Fsp3) is 0. The van der Waals surface area contributed by atoms with Crippen molar-refractivity contribution in [1.29, 1.82) is 0 Å². The maximum absolute atomic E-state index is 6.01. The Kier molecular flexibility index (Phi) is 3.26. The average Bonchev–Trinajstić information content (AvgIpc) is 2.88. The minimum Gasteiger partial charge on any atom is -0.134 e. The van der Waals surface area contributed by atoms with E-state index in [1.807, 2.05) is 23.5 Å². The van der Waals surface area contributed by atoms with Gasteiger partial charge in [-0.2, -0.15) is 0 Å². The third kappa shape index (κ3) is 2.18. The van der Waals surface area contributed by atoms with Crippen LogP contribution >= 0.6 is 38.9 Å². The van der Waals surface area contributed by atoms with Gasteiger partial charge in [0.15, 0.2) is 0 Å². The largest absolute Gasteiger partial charge is 0.134 e. The predicted octanol–water partition coefficient (Wildman–Crippen LogP) is 7.14. The molecule has 0 fully saturated rings. The molecule has 0 aliphatic heterocycles. The van der Waals surface area contributed by atoms with Crippen molar-refractivity contribution >= 4 is 59.0 Å². The van der Waals surface area contributed by atoms with Crippen molar-refractivity contribution in [2.24, 2.45) is 0 Å². The Labute approximate surface area is 140 Å². The van der Waals surface area contributed by atoms with Crippen LogP contribution in [0.4, 0.5) is 0 Å². The molecule has 1 aromatic heterocycles. The van der Waals surface area contributed by atoms with Crippen LogP contribution in [0.5, 0.6) is 0 Å². The number of halogens is 2. The van der Waals surface area contributed by atoms with Crippen LogP contribution in [0.25, 0.3) is 31.3 Å². The van der Waals surface area contributed by atoms with Crippen LogP contribution in [0.2, 0.25) is 5.02 Å². The summed E-state index contributed by atoms with van der Waals surface area (Å²) in [7, 11) is 0. The van der Waals surface area contributed by atoms with Crippen LogP contribution in [0.15, 0.2) is 65.1 Å². The minimum atomic E-state index is 0.767. The second-order valence-electron chi connectivity index (χ2n) is 4.90. The number of rotatable bonds is 1. The van der Waals surface area contributed by atoms with Crippen molar-refractivity contribution in [3.8, 4) is 11.1 Å². The summed E-state index contributed by atoms with van der Waals surface area (Å²) in [5.74, 6) is 0. The lowest BCUT2D eigenvalue weighted by atomic mass is 10.00. The van der Waals surface area contributed by atoms with Crippen LogP contribution < -0.4 is 0 Å². The van der Waals surface area contributed by atoms with E-state index < -0.39 is 0 Å².